The summed E-state index contributed by atoms with van der Waals surface area (Å²) in [4.78, 5) is 14.4. The largest absolute Gasteiger partial charge is 0.389 e. The summed E-state index contributed by atoms with van der Waals surface area (Å²) in [6, 6.07) is 7.50. The fraction of sp³-hybridized carbons (Fsp3) is 0.562. The smallest absolute Gasteiger partial charge is 0.253 e. The normalized spacial score (nSPS) is 29.9. The molecule has 2 aliphatic rings. The number of nitrogens with zero attached hydrogens (tertiary/aromatic N) is 1. The first kappa shape index (κ1) is 14.1. The first-order valence-corrected chi connectivity index (χ1v) is 8.15. The number of carbonyl (C=O) groups excluding carboxylic acids is 1. The van der Waals surface area contributed by atoms with E-state index in [0.717, 1.165) is 35.7 Å². The monoisotopic (exact) mass is 337 g/mol. The van der Waals surface area contributed by atoms with E-state index in [0.29, 0.717) is 13.1 Å². The number of likely N-dealkylation sites (tertiary alicyclic amines) is 1. The molecule has 4 heteroatoms. The standard InChI is InChI=1S/C16H20BrNO2/c17-14-6-4-12(5-7-14)15(19)18-10-9-16(20)8-2-1-3-13(16)11-18/h4-7,13,20H,1-3,8-11H2/t13-,16+/m0/s1. The minimum atomic E-state index is -0.519. The van der Waals surface area contributed by atoms with Crippen molar-refractivity contribution >= 4 is 21.8 Å². The number of piperidine rings is 1. The Morgan fingerprint density at radius 3 is 2.75 bits per heavy atom. The molecule has 0 radical (unpaired) electrons. The predicted octanol–water partition coefficient (Wildman–Crippen LogP) is 3.22. The summed E-state index contributed by atoms with van der Waals surface area (Å²) < 4.78 is 0.981. The lowest BCUT2D eigenvalue weighted by Crippen LogP contribution is -2.54. The number of fused-ring (bicyclic) bond motifs is 1. The maximum atomic E-state index is 12.5. The molecular formula is C16H20BrNO2. The molecule has 1 saturated heterocycles. The van der Waals surface area contributed by atoms with Gasteiger partial charge in [-0.15, -0.1) is 0 Å². The second-order valence-corrected chi connectivity index (χ2v) is 6.97. The highest BCUT2D eigenvalue weighted by Crippen LogP contribution is 2.40. The Hall–Kier alpha value is -0.870. The molecule has 1 aromatic rings. The van der Waals surface area contributed by atoms with Crippen LogP contribution in [0.1, 0.15) is 42.5 Å². The zero-order chi connectivity index (χ0) is 14.2. The lowest BCUT2D eigenvalue weighted by atomic mass is 9.71. The first-order valence-electron chi connectivity index (χ1n) is 7.36. The molecule has 1 saturated carbocycles. The maximum Gasteiger partial charge on any atom is 0.253 e. The third kappa shape index (κ3) is 2.63. The molecule has 0 spiro atoms. The molecule has 1 aliphatic heterocycles. The van der Waals surface area contributed by atoms with E-state index in [9.17, 15) is 9.90 Å². The number of rotatable bonds is 1. The highest BCUT2D eigenvalue weighted by Gasteiger charge is 2.43. The fourth-order valence-electron chi connectivity index (χ4n) is 3.53. The third-order valence-corrected chi connectivity index (χ3v) is 5.33. The van der Waals surface area contributed by atoms with Crippen molar-refractivity contribution in [1.82, 2.24) is 4.90 Å². The van der Waals surface area contributed by atoms with Crippen LogP contribution in [0.5, 0.6) is 0 Å². The van der Waals surface area contributed by atoms with Crippen molar-refractivity contribution in [2.75, 3.05) is 13.1 Å². The molecule has 0 aromatic heterocycles. The van der Waals surface area contributed by atoms with Crippen LogP contribution in [-0.2, 0) is 0 Å². The van der Waals surface area contributed by atoms with Crippen LogP contribution < -0.4 is 0 Å². The average molecular weight is 338 g/mol. The maximum absolute atomic E-state index is 12.5. The van der Waals surface area contributed by atoms with Gasteiger partial charge < -0.3 is 10.0 Å². The van der Waals surface area contributed by atoms with E-state index in [1.165, 1.54) is 6.42 Å². The molecule has 3 rings (SSSR count). The summed E-state index contributed by atoms with van der Waals surface area (Å²) >= 11 is 3.39. The van der Waals surface area contributed by atoms with Gasteiger partial charge in [0.2, 0.25) is 0 Å². The Bertz CT molecular complexity index is 502. The predicted molar refractivity (Wildman–Crippen MR) is 81.6 cm³/mol. The van der Waals surface area contributed by atoms with Gasteiger partial charge in [-0.05, 0) is 43.5 Å². The number of aliphatic hydroxyl groups is 1. The highest BCUT2D eigenvalue weighted by atomic mass is 79.9. The highest BCUT2D eigenvalue weighted by molar-refractivity contribution is 9.10. The Labute approximate surface area is 128 Å². The summed E-state index contributed by atoms with van der Waals surface area (Å²) in [7, 11) is 0. The van der Waals surface area contributed by atoms with E-state index in [-0.39, 0.29) is 11.8 Å². The summed E-state index contributed by atoms with van der Waals surface area (Å²) in [5.41, 5.74) is 0.212. The summed E-state index contributed by atoms with van der Waals surface area (Å²) in [6.45, 7) is 1.37. The van der Waals surface area contributed by atoms with Crippen molar-refractivity contribution < 1.29 is 9.90 Å². The number of carbonyl (C=O) groups is 1. The van der Waals surface area contributed by atoms with Gasteiger partial charge in [-0.2, -0.15) is 0 Å². The van der Waals surface area contributed by atoms with Crippen molar-refractivity contribution in [3.8, 4) is 0 Å². The fourth-order valence-corrected chi connectivity index (χ4v) is 3.79. The van der Waals surface area contributed by atoms with Crippen LogP contribution in [0, 0.1) is 5.92 Å². The Kier molecular flexibility index (Phi) is 3.87. The molecule has 3 nitrogen and oxygen atoms in total. The van der Waals surface area contributed by atoms with Gasteiger partial charge in [0.25, 0.3) is 5.91 Å². The van der Waals surface area contributed by atoms with Crippen LogP contribution in [0.3, 0.4) is 0 Å². The number of amides is 1. The molecule has 1 amide bonds. The SMILES string of the molecule is O=C(c1ccc(Br)cc1)N1CC[C@]2(O)CCCC[C@H]2C1. The van der Waals surface area contributed by atoms with Crippen molar-refractivity contribution in [1.29, 1.82) is 0 Å². The van der Waals surface area contributed by atoms with Gasteiger partial charge >= 0.3 is 0 Å². The van der Waals surface area contributed by atoms with Crippen molar-refractivity contribution in [2.45, 2.75) is 37.7 Å². The average Bonchev–Trinajstić information content (AvgIpc) is 2.46. The molecule has 2 atom stereocenters. The van der Waals surface area contributed by atoms with Gasteiger partial charge in [0, 0.05) is 29.0 Å². The zero-order valence-corrected chi connectivity index (χ0v) is 13.1. The summed E-state index contributed by atoms with van der Waals surface area (Å²) in [5.74, 6) is 0.342. The third-order valence-electron chi connectivity index (χ3n) is 4.81. The molecule has 20 heavy (non-hydrogen) atoms. The molecule has 2 fully saturated rings. The molecule has 0 bridgehead atoms. The zero-order valence-electron chi connectivity index (χ0n) is 11.5. The molecule has 0 unspecified atom stereocenters. The van der Waals surface area contributed by atoms with Crippen LogP contribution in [0.2, 0.25) is 0 Å². The van der Waals surface area contributed by atoms with Crippen LogP contribution >= 0.6 is 15.9 Å². The topological polar surface area (TPSA) is 40.5 Å². The Morgan fingerprint density at radius 1 is 1.25 bits per heavy atom. The van der Waals surface area contributed by atoms with E-state index in [1.54, 1.807) is 0 Å². The molecule has 108 valence electrons. The van der Waals surface area contributed by atoms with Gasteiger partial charge in [-0.3, -0.25) is 4.79 Å². The van der Waals surface area contributed by atoms with Gasteiger partial charge in [-0.25, -0.2) is 0 Å². The second kappa shape index (κ2) is 5.49. The lowest BCUT2D eigenvalue weighted by molar-refractivity contribution is -0.0886. The van der Waals surface area contributed by atoms with Crippen LogP contribution in [-0.4, -0.2) is 34.6 Å². The number of benzene rings is 1. The minimum absolute atomic E-state index is 0.0881. The number of hydrogen-bond donors (Lipinski definition) is 1. The van der Waals surface area contributed by atoms with Gasteiger partial charge in [-0.1, -0.05) is 28.8 Å². The van der Waals surface area contributed by atoms with Gasteiger partial charge in [0.1, 0.15) is 0 Å². The van der Waals surface area contributed by atoms with Gasteiger partial charge in [0.15, 0.2) is 0 Å². The first-order chi connectivity index (χ1) is 9.58. The van der Waals surface area contributed by atoms with E-state index >= 15 is 0 Å². The van der Waals surface area contributed by atoms with Crippen LogP contribution in [0.25, 0.3) is 0 Å². The number of halogens is 1. The van der Waals surface area contributed by atoms with Crippen molar-refractivity contribution in [2.24, 2.45) is 5.92 Å². The van der Waals surface area contributed by atoms with E-state index < -0.39 is 5.60 Å². The van der Waals surface area contributed by atoms with Crippen LogP contribution in [0.15, 0.2) is 28.7 Å². The number of hydrogen-bond acceptors (Lipinski definition) is 2. The van der Waals surface area contributed by atoms with Gasteiger partial charge in [0.05, 0.1) is 5.60 Å². The summed E-state index contributed by atoms with van der Waals surface area (Å²) in [5, 5.41) is 10.7. The van der Waals surface area contributed by atoms with Crippen molar-refractivity contribution in [3.05, 3.63) is 34.3 Å². The quantitative estimate of drug-likeness (QED) is 0.854. The lowest BCUT2D eigenvalue weighted by Gasteiger charge is -2.47. The Morgan fingerprint density at radius 2 is 2.00 bits per heavy atom. The van der Waals surface area contributed by atoms with E-state index in [4.69, 9.17) is 0 Å². The van der Waals surface area contributed by atoms with Crippen LogP contribution in [0.4, 0.5) is 0 Å². The minimum Gasteiger partial charge on any atom is -0.389 e. The second-order valence-electron chi connectivity index (χ2n) is 6.05. The molecule has 1 N–H and O–H groups in total. The van der Waals surface area contributed by atoms with E-state index in [1.807, 2.05) is 29.2 Å². The molecule has 1 heterocycles. The van der Waals surface area contributed by atoms with E-state index in [2.05, 4.69) is 15.9 Å². The molecule has 1 aliphatic carbocycles. The Balaban J connectivity index is 1.72. The van der Waals surface area contributed by atoms with Crippen molar-refractivity contribution in [3.63, 3.8) is 0 Å². The summed E-state index contributed by atoms with van der Waals surface area (Å²) in [6.07, 6.45) is 4.96. The molecule has 1 aromatic carbocycles. The molecular weight excluding hydrogens is 318 g/mol.